The average molecular weight is 244 g/mol. The molecule has 1 aromatic rings. The van der Waals surface area contributed by atoms with Crippen LogP contribution in [0.5, 0.6) is 0 Å². The van der Waals surface area contributed by atoms with Gasteiger partial charge in [0, 0.05) is 22.1 Å². The lowest BCUT2D eigenvalue weighted by atomic mass is 10.2. The highest BCUT2D eigenvalue weighted by Gasteiger charge is 2.07. The number of hydrogen-bond donors (Lipinski definition) is 1. The van der Waals surface area contributed by atoms with Gasteiger partial charge in [-0.1, -0.05) is 36.7 Å². The SMILES string of the molecule is CC(N)CC(C)SCc1ccccc1Cl. The van der Waals surface area contributed by atoms with Gasteiger partial charge in [0.15, 0.2) is 0 Å². The quantitative estimate of drug-likeness (QED) is 0.854. The Bertz CT molecular complexity index is 301. The van der Waals surface area contributed by atoms with E-state index in [0.717, 1.165) is 17.2 Å². The third-order valence-electron chi connectivity index (χ3n) is 2.18. The van der Waals surface area contributed by atoms with Crippen molar-refractivity contribution in [3.63, 3.8) is 0 Å². The summed E-state index contributed by atoms with van der Waals surface area (Å²) >= 11 is 7.98. The van der Waals surface area contributed by atoms with Crippen LogP contribution in [0.1, 0.15) is 25.8 Å². The summed E-state index contributed by atoms with van der Waals surface area (Å²) in [5.41, 5.74) is 6.96. The molecule has 2 atom stereocenters. The maximum atomic E-state index is 6.08. The fraction of sp³-hybridized carbons (Fsp3) is 0.500. The van der Waals surface area contributed by atoms with Gasteiger partial charge in [-0.2, -0.15) is 11.8 Å². The topological polar surface area (TPSA) is 26.0 Å². The fourth-order valence-electron chi connectivity index (χ4n) is 1.44. The molecule has 0 aliphatic heterocycles. The summed E-state index contributed by atoms with van der Waals surface area (Å²) in [5.74, 6) is 0.966. The van der Waals surface area contributed by atoms with Gasteiger partial charge in [-0.05, 0) is 25.0 Å². The van der Waals surface area contributed by atoms with E-state index in [1.54, 1.807) is 0 Å². The van der Waals surface area contributed by atoms with E-state index in [1.165, 1.54) is 5.56 Å². The Morgan fingerprint density at radius 1 is 1.33 bits per heavy atom. The Morgan fingerprint density at radius 2 is 2.00 bits per heavy atom. The third-order valence-corrected chi connectivity index (χ3v) is 3.79. The Hall–Kier alpha value is -0.180. The summed E-state index contributed by atoms with van der Waals surface area (Å²) in [6.45, 7) is 4.26. The van der Waals surface area contributed by atoms with E-state index in [4.69, 9.17) is 17.3 Å². The molecule has 15 heavy (non-hydrogen) atoms. The van der Waals surface area contributed by atoms with Crippen LogP contribution < -0.4 is 5.73 Å². The van der Waals surface area contributed by atoms with Crippen molar-refractivity contribution in [3.05, 3.63) is 34.9 Å². The van der Waals surface area contributed by atoms with Crippen molar-refractivity contribution in [1.29, 1.82) is 0 Å². The minimum absolute atomic E-state index is 0.277. The van der Waals surface area contributed by atoms with E-state index in [9.17, 15) is 0 Å². The van der Waals surface area contributed by atoms with E-state index >= 15 is 0 Å². The summed E-state index contributed by atoms with van der Waals surface area (Å²) in [6, 6.07) is 8.28. The summed E-state index contributed by atoms with van der Waals surface area (Å²) < 4.78 is 0. The molecule has 0 aliphatic rings. The van der Waals surface area contributed by atoms with Crippen molar-refractivity contribution < 1.29 is 0 Å². The molecule has 0 aliphatic carbocycles. The number of hydrogen-bond acceptors (Lipinski definition) is 2. The first-order chi connectivity index (χ1) is 7.09. The van der Waals surface area contributed by atoms with E-state index in [2.05, 4.69) is 13.0 Å². The van der Waals surface area contributed by atoms with Crippen molar-refractivity contribution in [3.8, 4) is 0 Å². The van der Waals surface area contributed by atoms with Crippen LogP contribution in [-0.4, -0.2) is 11.3 Å². The second-order valence-electron chi connectivity index (χ2n) is 3.93. The highest BCUT2D eigenvalue weighted by molar-refractivity contribution is 7.99. The first-order valence-corrected chi connectivity index (χ1v) is 6.63. The van der Waals surface area contributed by atoms with Gasteiger partial charge < -0.3 is 5.73 Å². The van der Waals surface area contributed by atoms with Gasteiger partial charge in [0.25, 0.3) is 0 Å². The van der Waals surface area contributed by atoms with Gasteiger partial charge >= 0.3 is 0 Å². The lowest BCUT2D eigenvalue weighted by Crippen LogP contribution is -2.19. The van der Waals surface area contributed by atoms with Crippen LogP contribution in [-0.2, 0) is 5.75 Å². The Morgan fingerprint density at radius 3 is 2.60 bits per heavy atom. The van der Waals surface area contributed by atoms with Crippen molar-refractivity contribution in [2.24, 2.45) is 5.73 Å². The molecular formula is C12H18ClNS. The van der Waals surface area contributed by atoms with Crippen LogP contribution in [0.4, 0.5) is 0 Å². The fourth-order valence-corrected chi connectivity index (χ4v) is 2.88. The maximum absolute atomic E-state index is 6.08. The van der Waals surface area contributed by atoms with E-state index in [-0.39, 0.29) is 6.04 Å². The average Bonchev–Trinajstić information content (AvgIpc) is 2.15. The Labute approximate surface area is 101 Å². The second kappa shape index (κ2) is 6.41. The van der Waals surface area contributed by atoms with Crippen molar-refractivity contribution >= 4 is 23.4 Å². The molecule has 1 aromatic carbocycles. The Kier molecular flexibility index (Phi) is 5.51. The van der Waals surface area contributed by atoms with Crippen LogP contribution >= 0.6 is 23.4 Å². The molecule has 0 saturated carbocycles. The van der Waals surface area contributed by atoms with Gasteiger partial charge in [-0.3, -0.25) is 0 Å². The smallest absolute Gasteiger partial charge is 0.0446 e. The first kappa shape index (κ1) is 12.9. The van der Waals surface area contributed by atoms with Crippen LogP contribution in [0.25, 0.3) is 0 Å². The predicted molar refractivity (Wildman–Crippen MR) is 70.5 cm³/mol. The second-order valence-corrected chi connectivity index (χ2v) is 5.76. The number of thioether (sulfide) groups is 1. The molecular weight excluding hydrogens is 226 g/mol. The molecule has 2 N–H and O–H groups in total. The van der Waals surface area contributed by atoms with Crippen molar-refractivity contribution in [1.82, 2.24) is 0 Å². The largest absolute Gasteiger partial charge is 0.328 e. The first-order valence-electron chi connectivity index (χ1n) is 5.20. The molecule has 0 saturated heterocycles. The molecule has 84 valence electrons. The molecule has 0 radical (unpaired) electrons. The zero-order valence-corrected chi connectivity index (χ0v) is 10.8. The lowest BCUT2D eigenvalue weighted by molar-refractivity contribution is 0.663. The molecule has 1 nitrogen and oxygen atoms in total. The molecule has 0 fully saturated rings. The standard InChI is InChI=1S/C12H18ClNS/c1-9(14)7-10(2)15-8-11-5-3-4-6-12(11)13/h3-6,9-10H,7-8,14H2,1-2H3. The zero-order valence-electron chi connectivity index (χ0n) is 9.24. The van der Waals surface area contributed by atoms with Crippen LogP contribution in [0.3, 0.4) is 0 Å². The maximum Gasteiger partial charge on any atom is 0.0446 e. The van der Waals surface area contributed by atoms with Gasteiger partial charge in [0.1, 0.15) is 0 Å². The summed E-state index contributed by atoms with van der Waals surface area (Å²) in [5, 5.41) is 1.44. The molecule has 0 aromatic heterocycles. The lowest BCUT2D eigenvalue weighted by Gasteiger charge is -2.13. The monoisotopic (exact) mass is 243 g/mol. The van der Waals surface area contributed by atoms with Crippen LogP contribution in [0, 0.1) is 0 Å². The highest BCUT2D eigenvalue weighted by Crippen LogP contribution is 2.25. The molecule has 0 bridgehead atoms. The summed E-state index contributed by atoms with van der Waals surface area (Å²) in [6.07, 6.45) is 1.05. The molecule has 0 amide bonds. The zero-order chi connectivity index (χ0) is 11.3. The number of halogens is 1. The van der Waals surface area contributed by atoms with Crippen LogP contribution in [0.15, 0.2) is 24.3 Å². The van der Waals surface area contributed by atoms with E-state index in [1.807, 2.05) is 36.9 Å². The van der Waals surface area contributed by atoms with E-state index < -0.39 is 0 Å². The molecule has 0 spiro atoms. The highest BCUT2D eigenvalue weighted by atomic mass is 35.5. The summed E-state index contributed by atoms with van der Waals surface area (Å²) in [7, 11) is 0. The molecule has 3 heteroatoms. The molecule has 1 rings (SSSR count). The number of benzene rings is 1. The van der Waals surface area contributed by atoms with Crippen LogP contribution in [0.2, 0.25) is 5.02 Å². The number of rotatable bonds is 5. The molecule has 2 unspecified atom stereocenters. The van der Waals surface area contributed by atoms with Crippen molar-refractivity contribution in [2.75, 3.05) is 0 Å². The van der Waals surface area contributed by atoms with Gasteiger partial charge in [-0.25, -0.2) is 0 Å². The van der Waals surface area contributed by atoms with Gasteiger partial charge in [-0.15, -0.1) is 0 Å². The van der Waals surface area contributed by atoms with Crippen molar-refractivity contribution in [2.45, 2.75) is 37.3 Å². The Balaban J connectivity index is 2.40. The third kappa shape index (κ3) is 4.92. The minimum atomic E-state index is 0.277. The minimum Gasteiger partial charge on any atom is -0.328 e. The normalized spacial score (nSPS) is 14.9. The predicted octanol–water partition coefficient (Wildman–Crippen LogP) is 3.70. The van der Waals surface area contributed by atoms with E-state index in [0.29, 0.717) is 5.25 Å². The summed E-state index contributed by atoms with van der Waals surface area (Å²) in [4.78, 5) is 0. The van der Waals surface area contributed by atoms with Gasteiger partial charge in [0.2, 0.25) is 0 Å². The molecule has 0 heterocycles. The number of nitrogens with two attached hydrogens (primary N) is 1. The van der Waals surface area contributed by atoms with Gasteiger partial charge in [0.05, 0.1) is 0 Å².